The van der Waals surface area contributed by atoms with Crippen LogP contribution in [0.4, 0.5) is 0 Å². The van der Waals surface area contributed by atoms with Crippen LogP contribution in [0.3, 0.4) is 0 Å². The van der Waals surface area contributed by atoms with E-state index in [1.54, 1.807) is 4.90 Å². The van der Waals surface area contributed by atoms with Crippen molar-refractivity contribution in [2.75, 3.05) is 26.2 Å². The number of carbonyl (C=O) groups excluding carboxylic acids is 2. The van der Waals surface area contributed by atoms with E-state index in [1.165, 1.54) is 6.21 Å². The summed E-state index contributed by atoms with van der Waals surface area (Å²) in [5, 5.41) is 2.85. The van der Waals surface area contributed by atoms with Crippen LogP contribution in [0.2, 0.25) is 0 Å². The summed E-state index contributed by atoms with van der Waals surface area (Å²) < 4.78 is 0. The number of aliphatic imine (C=N–C) groups is 1. The second-order valence-electron chi connectivity index (χ2n) is 5.65. The van der Waals surface area contributed by atoms with Crippen molar-refractivity contribution in [1.82, 2.24) is 15.1 Å². The van der Waals surface area contributed by atoms with Gasteiger partial charge in [-0.05, 0) is 51.1 Å². The molecule has 0 radical (unpaired) electrons. The smallest absolute Gasteiger partial charge is 0.247 e. The van der Waals surface area contributed by atoms with Gasteiger partial charge >= 0.3 is 0 Å². The van der Waals surface area contributed by atoms with Gasteiger partial charge < -0.3 is 10.2 Å². The lowest BCUT2D eigenvalue weighted by Gasteiger charge is -2.30. The fourth-order valence-electron chi connectivity index (χ4n) is 2.52. The van der Waals surface area contributed by atoms with Crippen LogP contribution in [0, 0.1) is 5.92 Å². The molecule has 1 saturated carbocycles. The molecule has 22 heavy (non-hydrogen) atoms. The minimum Gasteiger partial charge on any atom is -0.304 e. The Morgan fingerprint density at radius 1 is 1.36 bits per heavy atom. The van der Waals surface area contributed by atoms with E-state index in [2.05, 4.69) is 29.1 Å². The first-order valence-corrected chi connectivity index (χ1v) is 8.39. The van der Waals surface area contributed by atoms with Gasteiger partial charge in [0, 0.05) is 18.8 Å². The number of nitrogens with one attached hydrogen (secondary N) is 1. The van der Waals surface area contributed by atoms with Crippen LogP contribution in [0.15, 0.2) is 4.99 Å². The maximum atomic E-state index is 12.4. The van der Waals surface area contributed by atoms with Gasteiger partial charge in [0.1, 0.15) is 0 Å². The third-order valence-electron chi connectivity index (χ3n) is 4.06. The van der Waals surface area contributed by atoms with Gasteiger partial charge in [0.15, 0.2) is 11.0 Å². The Hall–Kier alpha value is -1.34. The molecule has 6 nitrogen and oxygen atoms in total. The Labute approximate surface area is 136 Å². The van der Waals surface area contributed by atoms with Crippen LogP contribution in [-0.2, 0) is 9.59 Å². The fraction of sp³-hybridized carbons (Fsp3) is 0.733. The van der Waals surface area contributed by atoms with Gasteiger partial charge in [-0.25, -0.2) is 0 Å². The summed E-state index contributed by atoms with van der Waals surface area (Å²) in [5.74, 6) is -1.43. The van der Waals surface area contributed by atoms with Gasteiger partial charge in [0.05, 0.1) is 0 Å². The van der Waals surface area contributed by atoms with Gasteiger partial charge in [-0.3, -0.25) is 19.5 Å². The quantitative estimate of drug-likeness (QED) is 0.311. The van der Waals surface area contributed by atoms with E-state index >= 15 is 0 Å². The molecule has 2 amide bonds. The maximum Gasteiger partial charge on any atom is 0.247 e. The van der Waals surface area contributed by atoms with Gasteiger partial charge in [0.2, 0.25) is 11.8 Å². The Balaban J connectivity index is 1.85. The lowest BCUT2D eigenvalue weighted by molar-refractivity contribution is -0.138. The molecule has 1 heterocycles. The summed E-state index contributed by atoms with van der Waals surface area (Å²) in [6.45, 7) is 7.92. The average Bonchev–Trinajstić information content (AvgIpc) is 3.30. The molecule has 1 N–H and O–H groups in total. The Bertz CT molecular complexity index is 472. The zero-order chi connectivity index (χ0) is 16.1. The van der Waals surface area contributed by atoms with Crippen LogP contribution in [-0.4, -0.2) is 65.2 Å². The van der Waals surface area contributed by atoms with Gasteiger partial charge in [-0.15, -0.1) is 0 Å². The molecular formula is C15H24N4O2S. The molecule has 1 atom stereocenters. The molecule has 0 spiro atoms. The van der Waals surface area contributed by atoms with Gasteiger partial charge in [-0.1, -0.05) is 13.8 Å². The second kappa shape index (κ2) is 7.78. The molecule has 7 heteroatoms. The molecule has 0 aromatic carbocycles. The fourth-order valence-corrected chi connectivity index (χ4v) is 2.86. The van der Waals surface area contributed by atoms with Crippen LogP contribution < -0.4 is 5.32 Å². The van der Waals surface area contributed by atoms with E-state index in [1.807, 2.05) is 0 Å². The molecule has 2 rings (SSSR count). The topological polar surface area (TPSA) is 65.0 Å². The summed E-state index contributed by atoms with van der Waals surface area (Å²) in [4.78, 5) is 32.4. The third-order valence-corrected chi connectivity index (χ3v) is 4.36. The van der Waals surface area contributed by atoms with Crippen molar-refractivity contribution < 1.29 is 9.59 Å². The van der Waals surface area contributed by atoms with E-state index in [-0.39, 0.29) is 23.0 Å². The molecule has 0 bridgehead atoms. The maximum absolute atomic E-state index is 12.4. The van der Waals surface area contributed by atoms with Crippen molar-refractivity contribution >= 4 is 35.4 Å². The van der Waals surface area contributed by atoms with Crippen LogP contribution in [0.25, 0.3) is 0 Å². The number of carbonyl (C=O) groups is 2. The van der Waals surface area contributed by atoms with Crippen molar-refractivity contribution in [2.45, 2.75) is 39.2 Å². The molecule has 1 aliphatic heterocycles. The average molecular weight is 324 g/mol. The normalized spacial score (nSPS) is 22.8. The first kappa shape index (κ1) is 17.0. The highest BCUT2D eigenvalue weighted by Gasteiger charge is 2.44. The van der Waals surface area contributed by atoms with Crippen molar-refractivity contribution in [1.29, 1.82) is 0 Å². The number of thiocarbonyl (C=S) groups is 1. The highest BCUT2D eigenvalue weighted by atomic mass is 32.1. The number of nitrogens with zero attached hydrogens (tertiary/aromatic N) is 3. The minimum atomic E-state index is -0.833. The predicted octanol–water partition coefficient (Wildman–Crippen LogP) is 0.811. The number of hydrogen-bond donors (Lipinski definition) is 1. The van der Waals surface area contributed by atoms with Crippen molar-refractivity contribution in [3.05, 3.63) is 0 Å². The molecule has 1 saturated heterocycles. The zero-order valence-corrected chi connectivity index (χ0v) is 14.1. The third kappa shape index (κ3) is 4.10. The molecule has 2 fully saturated rings. The lowest BCUT2D eigenvalue weighted by atomic mass is 10.1. The SMILES string of the molecule is CCN(CC)CCCN=CC1C(=O)NC(=S)N(C2CC2)C1=O. The summed E-state index contributed by atoms with van der Waals surface area (Å²) in [6, 6.07) is 0.166. The number of amides is 2. The van der Waals surface area contributed by atoms with Crippen LogP contribution in [0.5, 0.6) is 0 Å². The van der Waals surface area contributed by atoms with E-state index in [0.29, 0.717) is 6.54 Å². The van der Waals surface area contributed by atoms with E-state index in [0.717, 1.165) is 38.9 Å². The molecule has 0 aromatic heterocycles. The summed E-state index contributed by atoms with van der Waals surface area (Å²) in [7, 11) is 0. The van der Waals surface area contributed by atoms with Crippen molar-refractivity contribution in [3.8, 4) is 0 Å². The first-order valence-electron chi connectivity index (χ1n) is 7.98. The molecule has 122 valence electrons. The zero-order valence-electron chi connectivity index (χ0n) is 13.2. The Kier molecular flexibility index (Phi) is 6.02. The van der Waals surface area contributed by atoms with Crippen molar-refractivity contribution in [3.63, 3.8) is 0 Å². The summed E-state index contributed by atoms with van der Waals surface area (Å²) in [6.07, 6.45) is 4.31. The second-order valence-corrected chi connectivity index (χ2v) is 6.03. The predicted molar refractivity (Wildman–Crippen MR) is 89.9 cm³/mol. The minimum absolute atomic E-state index is 0.166. The van der Waals surface area contributed by atoms with E-state index in [9.17, 15) is 9.59 Å². The lowest BCUT2D eigenvalue weighted by Crippen LogP contribution is -2.58. The van der Waals surface area contributed by atoms with Crippen LogP contribution >= 0.6 is 12.2 Å². The highest BCUT2D eigenvalue weighted by Crippen LogP contribution is 2.29. The first-order chi connectivity index (χ1) is 10.6. The largest absolute Gasteiger partial charge is 0.304 e. The Morgan fingerprint density at radius 3 is 2.64 bits per heavy atom. The molecule has 1 aliphatic carbocycles. The number of hydrogen-bond acceptors (Lipinski definition) is 5. The van der Waals surface area contributed by atoms with E-state index < -0.39 is 5.92 Å². The van der Waals surface area contributed by atoms with Gasteiger partial charge in [0.25, 0.3) is 0 Å². The van der Waals surface area contributed by atoms with Gasteiger partial charge in [-0.2, -0.15) is 0 Å². The summed E-state index contributed by atoms with van der Waals surface area (Å²) in [5.41, 5.74) is 0. The molecule has 2 aliphatic rings. The van der Waals surface area contributed by atoms with Crippen molar-refractivity contribution in [2.24, 2.45) is 10.9 Å². The standard InChI is InChI=1S/C15H24N4O2S/c1-3-18(4-2)9-5-8-16-10-12-13(20)17-15(22)19(14(12)21)11-6-7-11/h10-12H,3-9H2,1-2H3,(H,17,20,22). The Morgan fingerprint density at radius 2 is 2.05 bits per heavy atom. The monoisotopic (exact) mass is 324 g/mol. The molecular weight excluding hydrogens is 300 g/mol. The van der Waals surface area contributed by atoms with Crippen LogP contribution in [0.1, 0.15) is 33.1 Å². The van der Waals surface area contributed by atoms with E-state index in [4.69, 9.17) is 12.2 Å². The molecule has 0 aromatic rings. The molecule has 1 unspecified atom stereocenters. The number of rotatable bonds is 8. The summed E-state index contributed by atoms with van der Waals surface area (Å²) >= 11 is 5.08. The highest BCUT2D eigenvalue weighted by molar-refractivity contribution is 7.80.